The van der Waals surface area contributed by atoms with E-state index in [9.17, 15) is 9.59 Å². The molecule has 0 radical (unpaired) electrons. The van der Waals surface area contributed by atoms with E-state index < -0.39 is 6.04 Å². The van der Waals surface area contributed by atoms with E-state index >= 15 is 0 Å². The Morgan fingerprint density at radius 1 is 1.06 bits per heavy atom. The number of carbonyl (C=O) groups is 2. The molecule has 0 unspecified atom stereocenters. The fourth-order valence-electron chi connectivity index (χ4n) is 4.37. The van der Waals surface area contributed by atoms with Gasteiger partial charge in [-0.05, 0) is 62.3 Å². The van der Waals surface area contributed by atoms with Crippen LogP contribution in [0.4, 0.5) is 0 Å². The van der Waals surface area contributed by atoms with E-state index in [0.717, 1.165) is 42.4 Å². The van der Waals surface area contributed by atoms with Crippen LogP contribution in [0.2, 0.25) is 0 Å². The Kier molecular flexibility index (Phi) is 8.72. The summed E-state index contributed by atoms with van der Waals surface area (Å²) in [6, 6.07) is 15.6. The highest BCUT2D eigenvalue weighted by Gasteiger charge is 2.30. The third kappa shape index (κ3) is 6.35. The maximum absolute atomic E-state index is 13.3. The summed E-state index contributed by atoms with van der Waals surface area (Å²) in [4.78, 5) is 28.1. The maximum atomic E-state index is 13.3. The molecule has 1 saturated carbocycles. The van der Waals surface area contributed by atoms with Crippen molar-refractivity contribution < 1.29 is 14.3 Å². The minimum absolute atomic E-state index is 0.0486. The van der Waals surface area contributed by atoms with Crippen molar-refractivity contribution >= 4 is 11.8 Å². The monoisotopic (exact) mass is 436 g/mol. The predicted molar refractivity (Wildman–Crippen MR) is 128 cm³/mol. The Labute approximate surface area is 192 Å². The number of nitrogens with one attached hydrogen (secondary N) is 1. The molecule has 1 fully saturated rings. The second-order valence-corrected chi connectivity index (χ2v) is 8.72. The predicted octanol–water partition coefficient (Wildman–Crippen LogP) is 4.59. The highest BCUT2D eigenvalue weighted by Crippen LogP contribution is 2.21. The van der Waals surface area contributed by atoms with Crippen LogP contribution in [-0.2, 0) is 16.0 Å². The molecular formula is C27H36N2O3. The average Bonchev–Trinajstić information content (AvgIpc) is 3.31. The molecule has 0 bridgehead atoms. The van der Waals surface area contributed by atoms with E-state index in [4.69, 9.17) is 4.74 Å². The van der Waals surface area contributed by atoms with Crippen molar-refractivity contribution in [3.63, 3.8) is 0 Å². The first-order chi connectivity index (χ1) is 15.5. The summed E-state index contributed by atoms with van der Waals surface area (Å²) >= 11 is 0. The SMILES string of the molecule is CC[C@H](C(=O)NC1CCCC1)N(CCc1ccccc1)C(=O)COc1cccc(C)c1C. The largest absolute Gasteiger partial charge is 0.483 e. The molecule has 1 N–H and O–H groups in total. The number of ether oxygens (including phenoxy) is 1. The molecule has 0 heterocycles. The Morgan fingerprint density at radius 2 is 1.78 bits per heavy atom. The minimum Gasteiger partial charge on any atom is -0.483 e. The van der Waals surface area contributed by atoms with Gasteiger partial charge in [-0.25, -0.2) is 0 Å². The summed E-state index contributed by atoms with van der Waals surface area (Å²) in [5.74, 6) is 0.507. The fraction of sp³-hybridized carbons (Fsp3) is 0.481. The van der Waals surface area contributed by atoms with Crippen LogP contribution in [0.25, 0.3) is 0 Å². The van der Waals surface area contributed by atoms with E-state index in [0.29, 0.717) is 25.1 Å². The number of aryl methyl sites for hydroxylation is 1. The van der Waals surface area contributed by atoms with E-state index in [1.54, 1.807) is 4.90 Å². The van der Waals surface area contributed by atoms with Gasteiger partial charge in [0.25, 0.3) is 5.91 Å². The van der Waals surface area contributed by atoms with Gasteiger partial charge in [0.2, 0.25) is 5.91 Å². The van der Waals surface area contributed by atoms with Crippen LogP contribution >= 0.6 is 0 Å². The van der Waals surface area contributed by atoms with Crippen LogP contribution in [0.15, 0.2) is 48.5 Å². The molecule has 1 aliphatic rings. The summed E-state index contributed by atoms with van der Waals surface area (Å²) in [5, 5.41) is 3.18. The van der Waals surface area contributed by atoms with Gasteiger partial charge in [0.15, 0.2) is 6.61 Å². The van der Waals surface area contributed by atoms with Gasteiger partial charge in [-0.2, -0.15) is 0 Å². The van der Waals surface area contributed by atoms with Crippen molar-refractivity contribution in [1.82, 2.24) is 10.2 Å². The summed E-state index contributed by atoms with van der Waals surface area (Å²) < 4.78 is 5.90. The molecule has 2 aromatic rings. The molecule has 1 aliphatic carbocycles. The molecule has 32 heavy (non-hydrogen) atoms. The lowest BCUT2D eigenvalue weighted by molar-refractivity contribution is -0.142. The second kappa shape index (κ2) is 11.7. The number of amides is 2. The first-order valence-electron chi connectivity index (χ1n) is 11.8. The Bertz CT molecular complexity index is 891. The van der Waals surface area contributed by atoms with Gasteiger partial charge in [0.05, 0.1) is 0 Å². The number of nitrogens with zero attached hydrogens (tertiary/aromatic N) is 1. The normalized spacial score (nSPS) is 14.7. The van der Waals surface area contributed by atoms with Gasteiger partial charge < -0.3 is 15.0 Å². The van der Waals surface area contributed by atoms with Gasteiger partial charge >= 0.3 is 0 Å². The first-order valence-corrected chi connectivity index (χ1v) is 11.8. The van der Waals surface area contributed by atoms with Gasteiger partial charge in [0, 0.05) is 12.6 Å². The number of rotatable bonds is 10. The van der Waals surface area contributed by atoms with E-state index in [1.807, 2.05) is 57.2 Å². The summed E-state index contributed by atoms with van der Waals surface area (Å²) in [7, 11) is 0. The third-order valence-corrected chi connectivity index (χ3v) is 6.48. The molecule has 172 valence electrons. The van der Waals surface area contributed by atoms with Crippen LogP contribution in [0.1, 0.15) is 55.7 Å². The topological polar surface area (TPSA) is 58.6 Å². The van der Waals surface area contributed by atoms with Crippen LogP contribution in [0.3, 0.4) is 0 Å². The Balaban J connectivity index is 1.72. The van der Waals surface area contributed by atoms with Gasteiger partial charge in [-0.3, -0.25) is 9.59 Å². The molecule has 0 aromatic heterocycles. The zero-order chi connectivity index (χ0) is 22.9. The van der Waals surface area contributed by atoms with Crippen molar-refractivity contribution in [1.29, 1.82) is 0 Å². The number of hydrogen-bond donors (Lipinski definition) is 1. The van der Waals surface area contributed by atoms with E-state index in [-0.39, 0.29) is 24.5 Å². The number of carbonyl (C=O) groups excluding carboxylic acids is 2. The van der Waals surface area contributed by atoms with Crippen molar-refractivity contribution in [3.8, 4) is 5.75 Å². The molecule has 0 spiro atoms. The van der Waals surface area contributed by atoms with Crippen LogP contribution < -0.4 is 10.1 Å². The van der Waals surface area contributed by atoms with Gasteiger partial charge in [0.1, 0.15) is 11.8 Å². The molecular weight excluding hydrogens is 400 g/mol. The van der Waals surface area contributed by atoms with Crippen molar-refractivity contribution in [2.24, 2.45) is 0 Å². The lowest BCUT2D eigenvalue weighted by Crippen LogP contribution is -2.53. The van der Waals surface area contributed by atoms with Crippen molar-refractivity contribution in [2.45, 2.75) is 71.4 Å². The second-order valence-electron chi connectivity index (χ2n) is 8.72. The highest BCUT2D eigenvalue weighted by atomic mass is 16.5. The summed E-state index contributed by atoms with van der Waals surface area (Å²) in [6.45, 7) is 6.39. The summed E-state index contributed by atoms with van der Waals surface area (Å²) in [6.07, 6.45) is 5.63. The molecule has 5 heteroatoms. The van der Waals surface area contributed by atoms with Crippen LogP contribution in [-0.4, -0.2) is 41.9 Å². The lowest BCUT2D eigenvalue weighted by Gasteiger charge is -2.31. The Hall–Kier alpha value is -2.82. The molecule has 0 saturated heterocycles. The zero-order valence-electron chi connectivity index (χ0n) is 19.6. The minimum atomic E-state index is -0.492. The van der Waals surface area contributed by atoms with E-state index in [2.05, 4.69) is 17.4 Å². The Morgan fingerprint density at radius 3 is 2.47 bits per heavy atom. The van der Waals surface area contributed by atoms with Crippen LogP contribution in [0.5, 0.6) is 5.75 Å². The van der Waals surface area contributed by atoms with Gasteiger partial charge in [-0.15, -0.1) is 0 Å². The average molecular weight is 437 g/mol. The van der Waals surface area contributed by atoms with Crippen molar-refractivity contribution in [2.75, 3.05) is 13.2 Å². The molecule has 3 rings (SSSR count). The van der Waals surface area contributed by atoms with E-state index in [1.165, 1.54) is 0 Å². The first kappa shape index (κ1) is 23.8. The van der Waals surface area contributed by atoms with Crippen molar-refractivity contribution in [3.05, 3.63) is 65.2 Å². The zero-order valence-corrected chi connectivity index (χ0v) is 19.6. The van der Waals surface area contributed by atoms with Crippen LogP contribution in [0, 0.1) is 13.8 Å². The molecule has 5 nitrogen and oxygen atoms in total. The molecule has 0 aliphatic heterocycles. The third-order valence-electron chi connectivity index (χ3n) is 6.48. The highest BCUT2D eigenvalue weighted by molar-refractivity contribution is 5.88. The summed E-state index contributed by atoms with van der Waals surface area (Å²) in [5.41, 5.74) is 3.30. The number of benzene rings is 2. The standard InChI is InChI=1S/C27H36N2O3/c1-4-24(27(31)28-23-14-8-9-15-23)29(18-17-22-12-6-5-7-13-22)26(30)19-32-25-16-10-11-20(2)21(25)3/h5-7,10-13,16,23-24H,4,8-9,14-15,17-19H2,1-3H3,(H,28,31)/t24-/m1/s1. The molecule has 1 atom stereocenters. The smallest absolute Gasteiger partial charge is 0.261 e. The maximum Gasteiger partial charge on any atom is 0.261 e. The quantitative estimate of drug-likeness (QED) is 0.593. The molecule has 2 aromatic carbocycles. The fourth-order valence-corrected chi connectivity index (χ4v) is 4.37. The number of hydrogen-bond acceptors (Lipinski definition) is 3. The lowest BCUT2D eigenvalue weighted by atomic mass is 10.1. The molecule has 2 amide bonds. The van der Waals surface area contributed by atoms with Gasteiger partial charge in [-0.1, -0.05) is 62.2 Å².